The maximum atomic E-state index is 11.5. The molecule has 1 aromatic rings. The quantitative estimate of drug-likeness (QED) is 0.761. The Labute approximate surface area is 95.0 Å². The SMILES string of the molecule is COC(=O)c1c(Cl)c2c([nH]c1=O)CCS2. The number of halogens is 1. The highest BCUT2D eigenvalue weighted by molar-refractivity contribution is 7.99. The molecule has 0 radical (unpaired) electrons. The Morgan fingerprint density at radius 1 is 1.60 bits per heavy atom. The van der Waals surface area contributed by atoms with Gasteiger partial charge in [-0.2, -0.15) is 0 Å². The number of aryl methyl sites for hydroxylation is 1. The Balaban J connectivity index is 2.66. The molecule has 15 heavy (non-hydrogen) atoms. The lowest BCUT2D eigenvalue weighted by Crippen LogP contribution is -2.21. The van der Waals surface area contributed by atoms with E-state index in [4.69, 9.17) is 11.6 Å². The molecule has 0 aromatic carbocycles. The third kappa shape index (κ3) is 1.66. The minimum Gasteiger partial charge on any atom is -0.465 e. The average Bonchev–Trinajstić information content (AvgIpc) is 2.65. The number of H-pyrrole nitrogens is 1. The first-order valence-electron chi connectivity index (χ1n) is 4.31. The number of ether oxygens (including phenoxy) is 1. The molecule has 0 unspecified atom stereocenters. The van der Waals surface area contributed by atoms with E-state index < -0.39 is 11.5 Å². The lowest BCUT2D eigenvalue weighted by Gasteiger charge is -2.05. The Hall–Kier alpha value is -0.940. The lowest BCUT2D eigenvalue weighted by atomic mass is 10.2. The van der Waals surface area contributed by atoms with Gasteiger partial charge in [-0.05, 0) is 6.42 Å². The maximum absolute atomic E-state index is 11.5. The van der Waals surface area contributed by atoms with Crippen LogP contribution in [0.25, 0.3) is 0 Å². The standard InChI is InChI=1S/C9H8ClNO3S/c1-14-9(13)5-6(10)7-4(2-3-15-7)11-8(5)12/h2-3H2,1H3,(H,11,12). The van der Waals surface area contributed by atoms with Crippen molar-refractivity contribution in [2.75, 3.05) is 12.9 Å². The Kier molecular flexibility index (Phi) is 2.75. The van der Waals surface area contributed by atoms with Crippen LogP contribution in [0.2, 0.25) is 5.02 Å². The van der Waals surface area contributed by atoms with Crippen LogP contribution >= 0.6 is 23.4 Å². The summed E-state index contributed by atoms with van der Waals surface area (Å²) in [5, 5.41) is 0.211. The fourth-order valence-corrected chi connectivity index (χ4v) is 2.98. The van der Waals surface area contributed by atoms with Crippen LogP contribution in [0.15, 0.2) is 9.69 Å². The number of nitrogens with one attached hydrogen (secondary N) is 1. The normalized spacial score (nSPS) is 13.7. The van der Waals surface area contributed by atoms with Crippen LogP contribution in [0, 0.1) is 0 Å². The molecule has 0 saturated heterocycles. The number of carbonyl (C=O) groups is 1. The van der Waals surface area contributed by atoms with Crippen LogP contribution in [0.4, 0.5) is 0 Å². The molecule has 2 heterocycles. The number of rotatable bonds is 1. The summed E-state index contributed by atoms with van der Waals surface area (Å²) in [7, 11) is 1.22. The predicted octanol–water partition coefficient (Wildman–Crippen LogP) is 1.46. The van der Waals surface area contributed by atoms with Crippen molar-refractivity contribution < 1.29 is 9.53 Å². The van der Waals surface area contributed by atoms with E-state index >= 15 is 0 Å². The van der Waals surface area contributed by atoms with E-state index in [1.54, 1.807) is 0 Å². The van der Waals surface area contributed by atoms with Gasteiger partial charge in [-0.15, -0.1) is 11.8 Å². The third-order valence-electron chi connectivity index (χ3n) is 2.17. The number of aromatic amines is 1. The first-order chi connectivity index (χ1) is 7.15. The molecule has 0 amide bonds. The summed E-state index contributed by atoms with van der Waals surface area (Å²) in [5.41, 5.74) is 0.225. The van der Waals surface area contributed by atoms with Crippen molar-refractivity contribution in [2.24, 2.45) is 0 Å². The molecule has 0 saturated carbocycles. The molecule has 1 aromatic heterocycles. The molecule has 6 heteroatoms. The summed E-state index contributed by atoms with van der Waals surface area (Å²) in [4.78, 5) is 26.3. The molecule has 2 rings (SSSR count). The summed E-state index contributed by atoms with van der Waals surface area (Å²) < 4.78 is 4.51. The number of hydrogen-bond acceptors (Lipinski definition) is 4. The van der Waals surface area contributed by atoms with E-state index in [1.807, 2.05) is 0 Å². The van der Waals surface area contributed by atoms with Gasteiger partial charge in [0, 0.05) is 16.3 Å². The number of hydrogen-bond donors (Lipinski definition) is 1. The van der Waals surface area contributed by atoms with Crippen LogP contribution in [0.5, 0.6) is 0 Å². The van der Waals surface area contributed by atoms with Crippen LogP contribution in [0.1, 0.15) is 16.1 Å². The summed E-state index contributed by atoms with van der Waals surface area (Å²) in [5.74, 6) is 0.173. The largest absolute Gasteiger partial charge is 0.465 e. The number of aromatic nitrogens is 1. The molecule has 0 bridgehead atoms. The van der Waals surface area contributed by atoms with Crippen LogP contribution in [-0.4, -0.2) is 23.8 Å². The van der Waals surface area contributed by atoms with Crippen LogP contribution in [0.3, 0.4) is 0 Å². The first kappa shape index (κ1) is 10.6. The Morgan fingerprint density at radius 3 is 3.00 bits per heavy atom. The maximum Gasteiger partial charge on any atom is 0.345 e. The molecule has 0 fully saturated rings. The van der Waals surface area contributed by atoms with Crippen molar-refractivity contribution in [3.63, 3.8) is 0 Å². The number of pyridine rings is 1. The Morgan fingerprint density at radius 2 is 2.33 bits per heavy atom. The number of esters is 1. The van der Waals surface area contributed by atoms with Gasteiger partial charge in [0.1, 0.15) is 5.56 Å². The number of thioether (sulfide) groups is 1. The van der Waals surface area contributed by atoms with Gasteiger partial charge in [-0.25, -0.2) is 4.79 Å². The minimum absolute atomic E-state index is 0.104. The van der Waals surface area contributed by atoms with E-state index in [2.05, 4.69) is 9.72 Å². The van der Waals surface area contributed by atoms with Crippen molar-refractivity contribution in [1.82, 2.24) is 4.98 Å². The van der Waals surface area contributed by atoms with E-state index in [0.29, 0.717) is 0 Å². The predicted molar refractivity (Wildman–Crippen MR) is 57.8 cm³/mol. The van der Waals surface area contributed by atoms with Crippen LogP contribution < -0.4 is 5.56 Å². The van der Waals surface area contributed by atoms with E-state index in [1.165, 1.54) is 18.9 Å². The first-order valence-corrected chi connectivity index (χ1v) is 5.67. The van der Waals surface area contributed by atoms with Crippen molar-refractivity contribution in [3.05, 3.63) is 26.6 Å². The van der Waals surface area contributed by atoms with Crippen molar-refractivity contribution in [3.8, 4) is 0 Å². The highest BCUT2D eigenvalue weighted by Crippen LogP contribution is 2.36. The smallest absolute Gasteiger partial charge is 0.345 e. The van der Waals surface area contributed by atoms with E-state index in [-0.39, 0.29) is 10.6 Å². The second-order valence-corrected chi connectivity index (χ2v) is 4.52. The van der Waals surface area contributed by atoms with Crippen molar-refractivity contribution >= 4 is 29.3 Å². The zero-order chi connectivity index (χ0) is 11.0. The zero-order valence-electron chi connectivity index (χ0n) is 7.93. The monoisotopic (exact) mass is 245 g/mol. The van der Waals surface area contributed by atoms with Gasteiger partial charge in [0.2, 0.25) is 0 Å². The topological polar surface area (TPSA) is 59.2 Å². The van der Waals surface area contributed by atoms with Gasteiger partial charge < -0.3 is 9.72 Å². The lowest BCUT2D eigenvalue weighted by molar-refractivity contribution is 0.0598. The van der Waals surface area contributed by atoms with Gasteiger partial charge in [0.05, 0.1) is 12.1 Å². The summed E-state index contributed by atoms with van der Waals surface area (Å²) in [6.45, 7) is 0. The molecule has 80 valence electrons. The fourth-order valence-electron chi connectivity index (χ4n) is 1.47. The third-order valence-corrected chi connectivity index (χ3v) is 3.81. The molecule has 1 aliphatic rings. The van der Waals surface area contributed by atoms with Crippen LogP contribution in [-0.2, 0) is 11.2 Å². The number of carbonyl (C=O) groups excluding carboxylic acids is 1. The summed E-state index contributed by atoms with van der Waals surface area (Å²) >= 11 is 7.53. The van der Waals surface area contributed by atoms with E-state index in [9.17, 15) is 9.59 Å². The second kappa shape index (κ2) is 3.90. The molecular weight excluding hydrogens is 238 g/mol. The Bertz CT molecular complexity index is 483. The minimum atomic E-state index is -0.698. The van der Waals surface area contributed by atoms with Crippen molar-refractivity contribution in [2.45, 2.75) is 11.3 Å². The number of fused-ring (bicyclic) bond motifs is 1. The van der Waals surface area contributed by atoms with Gasteiger partial charge in [-0.1, -0.05) is 11.6 Å². The summed E-state index contributed by atoms with van der Waals surface area (Å²) in [6, 6.07) is 0. The van der Waals surface area contributed by atoms with Crippen molar-refractivity contribution in [1.29, 1.82) is 0 Å². The molecule has 0 aliphatic carbocycles. The molecular formula is C9H8ClNO3S. The second-order valence-electron chi connectivity index (χ2n) is 3.04. The van der Waals surface area contributed by atoms with Gasteiger partial charge in [0.25, 0.3) is 5.56 Å². The van der Waals surface area contributed by atoms with Gasteiger partial charge >= 0.3 is 5.97 Å². The average molecular weight is 246 g/mol. The molecule has 4 nitrogen and oxygen atoms in total. The zero-order valence-corrected chi connectivity index (χ0v) is 9.50. The highest BCUT2D eigenvalue weighted by atomic mass is 35.5. The highest BCUT2D eigenvalue weighted by Gasteiger charge is 2.24. The van der Waals surface area contributed by atoms with E-state index in [0.717, 1.165) is 22.8 Å². The number of methoxy groups -OCH3 is 1. The molecule has 0 spiro atoms. The van der Waals surface area contributed by atoms with Gasteiger partial charge in [-0.3, -0.25) is 4.79 Å². The molecule has 1 aliphatic heterocycles. The summed E-state index contributed by atoms with van der Waals surface area (Å²) in [6.07, 6.45) is 0.774. The van der Waals surface area contributed by atoms with Gasteiger partial charge in [0.15, 0.2) is 0 Å². The molecule has 0 atom stereocenters. The molecule has 1 N–H and O–H groups in total. The fraction of sp³-hybridized carbons (Fsp3) is 0.333.